The predicted molar refractivity (Wildman–Crippen MR) is 52.4 cm³/mol. The van der Waals surface area contributed by atoms with E-state index >= 15 is 0 Å². The van der Waals surface area contributed by atoms with Gasteiger partial charge in [0.25, 0.3) is 0 Å². The molecular weight excluding hydrogens is 164 g/mol. The minimum atomic E-state index is 0.0129. The Morgan fingerprint density at radius 1 is 1.31 bits per heavy atom. The first-order chi connectivity index (χ1) is 5.99. The maximum Gasteiger partial charge on any atom is 0.150 e. The van der Waals surface area contributed by atoms with E-state index in [9.17, 15) is 4.79 Å². The summed E-state index contributed by atoms with van der Waals surface area (Å²) in [5, 5.41) is 8.84. The van der Waals surface area contributed by atoms with Crippen LogP contribution in [0.5, 0.6) is 0 Å². The van der Waals surface area contributed by atoms with Crippen LogP contribution in [0.25, 0.3) is 0 Å². The third kappa shape index (κ3) is 1.89. The van der Waals surface area contributed by atoms with Gasteiger partial charge in [0.2, 0.25) is 0 Å². The van der Waals surface area contributed by atoms with Crippen LogP contribution in [0.4, 0.5) is 0 Å². The van der Waals surface area contributed by atoms with Crippen molar-refractivity contribution < 1.29 is 9.90 Å². The maximum atomic E-state index is 10.6. The molecule has 0 radical (unpaired) electrons. The van der Waals surface area contributed by atoms with E-state index in [0.717, 1.165) is 18.1 Å². The fraction of sp³-hybridized carbons (Fsp3) is 0.364. The molecule has 0 bridgehead atoms. The number of rotatable bonds is 1. The topological polar surface area (TPSA) is 37.3 Å². The van der Waals surface area contributed by atoms with Crippen LogP contribution in [0.1, 0.15) is 20.8 Å². The van der Waals surface area contributed by atoms with Gasteiger partial charge < -0.3 is 5.11 Å². The largest absolute Gasteiger partial charge is 0.515 e. The van der Waals surface area contributed by atoms with Gasteiger partial charge in [-0.05, 0) is 23.1 Å². The average Bonchev–Trinajstić information content (AvgIpc) is 2.45. The molecule has 0 aliphatic heterocycles. The molecular formula is C11H14O2. The number of hydrogen-bond acceptors (Lipinski definition) is 2. The first-order valence-corrected chi connectivity index (χ1v) is 4.23. The molecule has 0 heterocycles. The Morgan fingerprint density at radius 3 is 2.23 bits per heavy atom. The minimum Gasteiger partial charge on any atom is -0.515 e. The van der Waals surface area contributed by atoms with Crippen LogP contribution in [0.3, 0.4) is 0 Å². The molecule has 0 amide bonds. The number of hydrogen-bond donors (Lipinski definition) is 1. The van der Waals surface area contributed by atoms with E-state index in [4.69, 9.17) is 5.11 Å². The van der Waals surface area contributed by atoms with Gasteiger partial charge in [-0.1, -0.05) is 20.8 Å². The molecule has 0 fully saturated rings. The number of aldehydes is 1. The van der Waals surface area contributed by atoms with Gasteiger partial charge in [0, 0.05) is 11.1 Å². The zero-order valence-corrected chi connectivity index (χ0v) is 8.16. The van der Waals surface area contributed by atoms with Crippen molar-refractivity contribution in [2.24, 2.45) is 5.41 Å². The summed E-state index contributed by atoms with van der Waals surface area (Å²) in [6.07, 6.45) is 5.38. The summed E-state index contributed by atoms with van der Waals surface area (Å²) in [6, 6.07) is 0. The highest BCUT2D eigenvalue weighted by Crippen LogP contribution is 2.34. The van der Waals surface area contributed by atoms with Crippen molar-refractivity contribution in [3.63, 3.8) is 0 Å². The second-order valence-corrected chi connectivity index (χ2v) is 4.15. The van der Waals surface area contributed by atoms with Gasteiger partial charge in [0.05, 0.1) is 6.26 Å². The monoisotopic (exact) mass is 178 g/mol. The first kappa shape index (κ1) is 9.78. The summed E-state index contributed by atoms with van der Waals surface area (Å²) in [5.41, 5.74) is 2.22. The van der Waals surface area contributed by atoms with Crippen molar-refractivity contribution in [1.82, 2.24) is 0 Å². The van der Waals surface area contributed by atoms with Gasteiger partial charge in [0.15, 0.2) is 6.29 Å². The lowest BCUT2D eigenvalue weighted by atomic mass is 9.87. The summed E-state index contributed by atoms with van der Waals surface area (Å²) in [5.74, 6) is 0. The van der Waals surface area contributed by atoms with Gasteiger partial charge in [-0.3, -0.25) is 4.79 Å². The van der Waals surface area contributed by atoms with Crippen LogP contribution in [-0.2, 0) is 4.79 Å². The Hall–Kier alpha value is -1.31. The Balaban J connectivity index is 3.08. The van der Waals surface area contributed by atoms with E-state index in [-0.39, 0.29) is 5.41 Å². The highest BCUT2D eigenvalue weighted by Gasteiger charge is 2.21. The molecule has 70 valence electrons. The van der Waals surface area contributed by atoms with Crippen LogP contribution >= 0.6 is 0 Å². The van der Waals surface area contributed by atoms with Crippen molar-refractivity contribution in [1.29, 1.82) is 0 Å². The lowest BCUT2D eigenvalue weighted by Gasteiger charge is -2.17. The van der Waals surface area contributed by atoms with Crippen molar-refractivity contribution >= 4 is 6.29 Å². The summed E-state index contributed by atoms with van der Waals surface area (Å²) < 4.78 is 0. The van der Waals surface area contributed by atoms with Crippen LogP contribution in [0.15, 0.2) is 35.1 Å². The zero-order chi connectivity index (χ0) is 10.1. The van der Waals surface area contributed by atoms with Crippen LogP contribution in [0, 0.1) is 5.41 Å². The van der Waals surface area contributed by atoms with Crippen molar-refractivity contribution in [2.75, 3.05) is 0 Å². The minimum absolute atomic E-state index is 0.0129. The SMILES string of the molecule is CC(C)(C)C1=C/C(=C/O)C(C=O)=C1. The maximum absolute atomic E-state index is 10.6. The predicted octanol–water partition coefficient (Wildman–Crippen LogP) is 2.54. The van der Waals surface area contributed by atoms with Gasteiger partial charge >= 0.3 is 0 Å². The Kier molecular flexibility index (Phi) is 2.41. The molecule has 1 aliphatic rings. The van der Waals surface area contributed by atoms with Gasteiger partial charge in [-0.15, -0.1) is 0 Å². The molecule has 2 nitrogen and oxygen atoms in total. The van der Waals surface area contributed by atoms with E-state index in [0.29, 0.717) is 11.1 Å². The number of aliphatic hydroxyl groups is 1. The van der Waals surface area contributed by atoms with Gasteiger partial charge in [-0.25, -0.2) is 0 Å². The molecule has 1 aliphatic carbocycles. The Morgan fingerprint density at radius 2 is 1.92 bits per heavy atom. The molecule has 0 aromatic carbocycles. The quantitative estimate of drug-likeness (QED) is 0.495. The standard InChI is InChI=1S/C11H14O2/c1-11(2,3)10-4-8(6-12)9(5-10)7-13/h4-7,12H,1-3H3/b8-6-. The molecule has 0 atom stereocenters. The van der Waals surface area contributed by atoms with Gasteiger partial charge in [0.1, 0.15) is 0 Å². The molecule has 0 unspecified atom stereocenters. The summed E-state index contributed by atoms with van der Waals surface area (Å²) in [6.45, 7) is 6.20. The molecule has 0 spiro atoms. The number of allylic oxidation sites excluding steroid dienone is 5. The third-order valence-electron chi connectivity index (χ3n) is 2.09. The Labute approximate surface area is 78.3 Å². The molecule has 0 saturated carbocycles. The van der Waals surface area contributed by atoms with E-state index < -0.39 is 0 Å². The van der Waals surface area contributed by atoms with E-state index in [2.05, 4.69) is 20.8 Å². The van der Waals surface area contributed by atoms with Crippen molar-refractivity contribution in [3.05, 3.63) is 35.1 Å². The second kappa shape index (κ2) is 3.21. The molecule has 2 heteroatoms. The summed E-state index contributed by atoms with van der Waals surface area (Å²) in [7, 11) is 0. The number of carbonyl (C=O) groups is 1. The third-order valence-corrected chi connectivity index (χ3v) is 2.09. The molecule has 0 aromatic heterocycles. The van der Waals surface area contributed by atoms with E-state index in [1.807, 2.05) is 12.2 Å². The molecule has 1 N–H and O–H groups in total. The summed E-state index contributed by atoms with van der Waals surface area (Å²) in [4.78, 5) is 10.6. The van der Waals surface area contributed by atoms with E-state index in [1.54, 1.807) is 0 Å². The molecule has 0 saturated heterocycles. The van der Waals surface area contributed by atoms with Crippen LogP contribution in [-0.4, -0.2) is 11.4 Å². The average molecular weight is 178 g/mol. The number of aliphatic hydroxyl groups excluding tert-OH is 1. The molecule has 0 aromatic rings. The fourth-order valence-electron chi connectivity index (χ4n) is 1.19. The molecule has 1 rings (SSSR count). The lowest BCUT2D eigenvalue weighted by molar-refractivity contribution is -0.104. The van der Waals surface area contributed by atoms with E-state index in [1.165, 1.54) is 0 Å². The smallest absolute Gasteiger partial charge is 0.150 e. The van der Waals surface area contributed by atoms with Crippen LogP contribution in [0.2, 0.25) is 0 Å². The second-order valence-electron chi connectivity index (χ2n) is 4.15. The number of carbonyl (C=O) groups excluding carboxylic acids is 1. The molecule has 13 heavy (non-hydrogen) atoms. The lowest BCUT2D eigenvalue weighted by Crippen LogP contribution is -2.05. The fourth-order valence-corrected chi connectivity index (χ4v) is 1.19. The normalized spacial score (nSPS) is 20.1. The van der Waals surface area contributed by atoms with Crippen molar-refractivity contribution in [2.45, 2.75) is 20.8 Å². The van der Waals surface area contributed by atoms with Crippen molar-refractivity contribution in [3.8, 4) is 0 Å². The van der Waals surface area contributed by atoms with Crippen LogP contribution < -0.4 is 0 Å². The Bertz CT molecular complexity index is 311. The first-order valence-electron chi connectivity index (χ1n) is 4.23. The van der Waals surface area contributed by atoms with Gasteiger partial charge in [-0.2, -0.15) is 0 Å². The highest BCUT2D eigenvalue weighted by molar-refractivity contribution is 5.85. The highest BCUT2D eigenvalue weighted by atomic mass is 16.2. The summed E-state index contributed by atoms with van der Waals surface area (Å²) >= 11 is 0. The zero-order valence-electron chi connectivity index (χ0n) is 8.16.